The van der Waals surface area contributed by atoms with E-state index in [2.05, 4.69) is 26.1 Å². The smallest absolute Gasteiger partial charge is 0.221 e. The normalized spacial score (nSPS) is 13.1. The van der Waals surface area contributed by atoms with Gasteiger partial charge in [-0.1, -0.05) is 51.1 Å². The van der Waals surface area contributed by atoms with E-state index in [1.165, 1.54) is 0 Å². The van der Waals surface area contributed by atoms with E-state index in [0.717, 1.165) is 12.0 Å². The maximum atomic E-state index is 11.7. The van der Waals surface area contributed by atoms with Gasteiger partial charge in [-0.05, 0) is 17.4 Å². The van der Waals surface area contributed by atoms with Gasteiger partial charge in [0.15, 0.2) is 0 Å². The molecule has 1 unspecified atom stereocenters. The van der Waals surface area contributed by atoms with Crippen molar-refractivity contribution in [3.8, 4) is 0 Å². The summed E-state index contributed by atoms with van der Waals surface area (Å²) in [5.74, 6) is 0.0237. The van der Waals surface area contributed by atoms with E-state index >= 15 is 0 Å². The van der Waals surface area contributed by atoms with Crippen LogP contribution in [0.4, 0.5) is 0 Å². The molecular weight excluding hydrogens is 224 g/mol. The van der Waals surface area contributed by atoms with E-state index < -0.39 is 0 Å². The Hall–Kier alpha value is -1.35. The number of rotatable bonds is 5. The third kappa shape index (κ3) is 5.82. The predicted octanol–water partition coefficient (Wildman–Crippen LogP) is 2.63. The van der Waals surface area contributed by atoms with Gasteiger partial charge in [-0.25, -0.2) is 0 Å². The molecule has 3 N–H and O–H groups in total. The second-order valence-corrected chi connectivity index (χ2v) is 5.88. The molecule has 0 heterocycles. The molecule has 1 aromatic carbocycles. The van der Waals surface area contributed by atoms with Crippen molar-refractivity contribution in [1.29, 1.82) is 0 Å². The summed E-state index contributed by atoms with van der Waals surface area (Å²) in [6, 6.07) is 9.50. The van der Waals surface area contributed by atoms with Gasteiger partial charge in [0.25, 0.3) is 0 Å². The van der Waals surface area contributed by atoms with Crippen LogP contribution in [-0.2, 0) is 4.79 Å². The average Bonchev–Trinajstić information content (AvgIpc) is 2.28. The molecule has 0 aliphatic rings. The van der Waals surface area contributed by atoms with E-state index in [1.807, 2.05) is 30.3 Å². The van der Waals surface area contributed by atoms with E-state index in [0.29, 0.717) is 13.0 Å². The summed E-state index contributed by atoms with van der Waals surface area (Å²) in [5.41, 5.74) is 7.24. The minimum Gasteiger partial charge on any atom is -0.356 e. The lowest BCUT2D eigenvalue weighted by Gasteiger charge is -2.18. The van der Waals surface area contributed by atoms with Crippen molar-refractivity contribution in [3.05, 3.63) is 35.9 Å². The van der Waals surface area contributed by atoms with Crippen LogP contribution in [0.15, 0.2) is 30.3 Å². The maximum Gasteiger partial charge on any atom is 0.221 e. The zero-order valence-electron chi connectivity index (χ0n) is 11.6. The van der Waals surface area contributed by atoms with Crippen LogP contribution in [0.5, 0.6) is 0 Å². The van der Waals surface area contributed by atoms with Gasteiger partial charge in [0.1, 0.15) is 0 Å². The van der Waals surface area contributed by atoms with Gasteiger partial charge in [0.2, 0.25) is 5.91 Å². The molecule has 0 aliphatic heterocycles. The first-order valence-electron chi connectivity index (χ1n) is 6.46. The Labute approximate surface area is 110 Å². The molecule has 100 valence electrons. The van der Waals surface area contributed by atoms with Crippen LogP contribution < -0.4 is 11.1 Å². The molecule has 0 aromatic heterocycles. The molecule has 0 fully saturated rings. The molecule has 1 rings (SSSR count). The van der Waals surface area contributed by atoms with Gasteiger partial charge in [0.05, 0.1) is 0 Å². The summed E-state index contributed by atoms with van der Waals surface area (Å²) in [6.07, 6.45) is 1.31. The second-order valence-electron chi connectivity index (χ2n) is 5.88. The van der Waals surface area contributed by atoms with Gasteiger partial charge in [0, 0.05) is 19.0 Å². The van der Waals surface area contributed by atoms with Crippen molar-refractivity contribution in [3.63, 3.8) is 0 Å². The molecule has 1 atom stereocenters. The van der Waals surface area contributed by atoms with Crippen molar-refractivity contribution in [1.82, 2.24) is 5.32 Å². The van der Waals surface area contributed by atoms with Crippen LogP contribution in [0, 0.1) is 5.41 Å². The SMILES string of the molecule is CC(C)(C)CCNC(=O)CC(N)c1ccccc1. The number of carbonyl (C=O) groups is 1. The number of benzene rings is 1. The molecule has 0 radical (unpaired) electrons. The molecule has 0 bridgehead atoms. The molecule has 1 aromatic rings. The third-order valence-electron chi connectivity index (χ3n) is 2.83. The summed E-state index contributed by atoms with van der Waals surface area (Å²) in [4.78, 5) is 11.7. The Balaban J connectivity index is 2.32. The molecule has 0 saturated carbocycles. The second kappa shape index (κ2) is 6.55. The van der Waals surface area contributed by atoms with Gasteiger partial charge in [-0.2, -0.15) is 0 Å². The summed E-state index contributed by atoms with van der Waals surface area (Å²) in [5, 5.41) is 2.92. The van der Waals surface area contributed by atoms with Crippen molar-refractivity contribution in [2.45, 2.75) is 39.7 Å². The van der Waals surface area contributed by atoms with Crippen LogP contribution in [0.2, 0.25) is 0 Å². The Morgan fingerprint density at radius 2 is 1.89 bits per heavy atom. The first-order valence-corrected chi connectivity index (χ1v) is 6.46. The molecule has 18 heavy (non-hydrogen) atoms. The number of hydrogen-bond acceptors (Lipinski definition) is 2. The quantitative estimate of drug-likeness (QED) is 0.841. The Kier molecular flexibility index (Phi) is 5.35. The summed E-state index contributed by atoms with van der Waals surface area (Å²) >= 11 is 0. The monoisotopic (exact) mass is 248 g/mol. The molecule has 3 nitrogen and oxygen atoms in total. The molecule has 1 amide bonds. The minimum absolute atomic E-state index is 0.0237. The largest absolute Gasteiger partial charge is 0.356 e. The van der Waals surface area contributed by atoms with Crippen LogP contribution in [-0.4, -0.2) is 12.5 Å². The highest BCUT2D eigenvalue weighted by molar-refractivity contribution is 5.76. The highest BCUT2D eigenvalue weighted by atomic mass is 16.1. The summed E-state index contributed by atoms with van der Waals surface area (Å²) in [6.45, 7) is 7.20. The fourth-order valence-corrected chi connectivity index (χ4v) is 1.67. The Morgan fingerprint density at radius 3 is 2.44 bits per heavy atom. The molecule has 0 saturated heterocycles. The van der Waals surface area contributed by atoms with Gasteiger partial charge in [-0.15, -0.1) is 0 Å². The average molecular weight is 248 g/mol. The highest BCUT2D eigenvalue weighted by Crippen LogP contribution is 2.17. The van der Waals surface area contributed by atoms with Crippen molar-refractivity contribution >= 4 is 5.91 Å². The fraction of sp³-hybridized carbons (Fsp3) is 0.533. The zero-order valence-corrected chi connectivity index (χ0v) is 11.6. The number of nitrogens with two attached hydrogens (primary N) is 1. The van der Waals surface area contributed by atoms with Crippen LogP contribution in [0.3, 0.4) is 0 Å². The maximum absolute atomic E-state index is 11.7. The zero-order chi connectivity index (χ0) is 13.6. The summed E-state index contributed by atoms with van der Waals surface area (Å²) < 4.78 is 0. The first-order chi connectivity index (χ1) is 8.38. The number of carbonyl (C=O) groups excluding carboxylic acids is 1. The van der Waals surface area contributed by atoms with Gasteiger partial charge < -0.3 is 11.1 Å². The van der Waals surface area contributed by atoms with Crippen molar-refractivity contribution < 1.29 is 4.79 Å². The molecule has 0 aliphatic carbocycles. The molecular formula is C15H24N2O. The summed E-state index contributed by atoms with van der Waals surface area (Å²) in [7, 11) is 0. The number of amides is 1. The lowest BCUT2D eigenvalue weighted by atomic mass is 9.92. The van der Waals surface area contributed by atoms with E-state index in [1.54, 1.807) is 0 Å². The van der Waals surface area contributed by atoms with Gasteiger partial charge in [-0.3, -0.25) is 4.79 Å². The first kappa shape index (κ1) is 14.7. The standard InChI is InChI=1S/C15H24N2O/c1-15(2,3)9-10-17-14(18)11-13(16)12-7-5-4-6-8-12/h4-8,13H,9-11,16H2,1-3H3,(H,17,18). The Morgan fingerprint density at radius 1 is 1.28 bits per heavy atom. The van der Waals surface area contributed by atoms with Crippen LogP contribution in [0.25, 0.3) is 0 Å². The predicted molar refractivity (Wildman–Crippen MR) is 75.1 cm³/mol. The van der Waals surface area contributed by atoms with E-state index in [9.17, 15) is 4.79 Å². The number of nitrogens with one attached hydrogen (secondary N) is 1. The fourth-order valence-electron chi connectivity index (χ4n) is 1.67. The van der Waals surface area contributed by atoms with Crippen molar-refractivity contribution in [2.24, 2.45) is 11.1 Å². The van der Waals surface area contributed by atoms with Crippen LogP contribution in [0.1, 0.15) is 45.2 Å². The third-order valence-corrected chi connectivity index (χ3v) is 2.83. The highest BCUT2D eigenvalue weighted by Gasteiger charge is 2.13. The number of hydrogen-bond donors (Lipinski definition) is 2. The Bertz CT molecular complexity index is 368. The van der Waals surface area contributed by atoms with Crippen molar-refractivity contribution in [2.75, 3.05) is 6.54 Å². The lowest BCUT2D eigenvalue weighted by Crippen LogP contribution is -2.30. The van der Waals surface area contributed by atoms with E-state index in [4.69, 9.17) is 5.73 Å². The lowest BCUT2D eigenvalue weighted by molar-refractivity contribution is -0.121. The van der Waals surface area contributed by atoms with Gasteiger partial charge >= 0.3 is 0 Å². The minimum atomic E-state index is -0.221. The van der Waals surface area contributed by atoms with Crippen LogP contribution >= 0.6 is 0 Å². The topological polar surface area (TPSA) is 55.1 Å². The molecule has 3 heteroatoms. The molecule has 0 spiro atoms. The van der Waals surface area contributed by atoms with E-state index in [-0.39, 0.29) is 17.4 Å².